The minimum atomic E-state index is 0.734. The zero-order chi connectivity index (χ0) is 9.14. The molecule has 0 heterocycles. The second kappa shape index (κ2) is 4.32. The number of hydrogen-bond acceptors (Lipinski definition) is 2. The number of halogens is 2. The first-order chi connectivity index (χ1) is 5.69. The molecule has 0 aromatic heterocycles. The molecule has 1 rings (SSSR count). The lowest BCUT2D eigenvalue weighted by atomic mass is 10.3. The van der Waals surface area contributed by atoms with Gasteiger partial charge in [-0.05, 0) is 50.7 Å². The van der Waals surface area contributed by atoms with Gasteiger partial charge >= 0.3 is 0 Å². The molecule has 0 bridgehead atoms. The standard InChI is InChI=1S/C8H8BrIO2/c1-11-7-4-5(10)3-6(9)8(7)12-2/h3-4H,1-2H3. The maximum atomic E-state index is 5.15. The van der Waals surface area contributed by atoms with Crippen molar-refractivity contribution in [2.45, 2.75) is 0 Å². The second-order valence-electron chi connectivity index (χ2n) is 2.12. The van der Waals surface area contributed by atoms with Crippen molar-refractivity contribution in [1.82, 2.24) is 0 Å². The van der Waals surface area contributed by atoms with Gasteiger partial charge in [0, 0.05) is 3.57 Å². The number of methoxy groups -OCH3 is 2. The third-order valence-corrected chi connectivity index (χ3v) is 2.61. The number of rotatable bonds is 2. The van der Waals surface area contributed by atoms with Gasteiger partial charge in [-0.3, -0.25) is 0 Å². The average molecular weight is 343 g/mol. The molecule has 4 heteroatoms. The van der Waals surface area contributed by atoms with Crippen LogP contribution < -0.4 is 9.47 Å². The van der Waals surface area contributed by atoms with Crippen LogP contribution in [0.4, 0.5) is 0 Å². The van der Waals surface area contributed by atoms with Gasteiger partial charge in [0.25, 0.3) is 0 Å². The number of ether oxygens (including phenoxy) is 2. The fourth-order valence-corrected chi connectivity index (χ4v) is 2.51. The highest BCUT2D eigenvalue weighted by Crippen LogP contribution is 2.36. The smallest absolute Gasteiger partial charge is 0.174 e. The van der Waals surface area contributed by atoms with E-state index in [1.165, 1.54) is 0 Å². The summed E-state index contributed by atoms with van der Waals surface area (Å²) in [5.41, 5.74) is 0. The first-order valence-corrected chi connectivity index (χ1v) is 5.13. The Morgan fingerprint density at radius 3 is 2.42 bits per heavy atom. The normalized spacial score (nSPS) is 9.67. The molecule has 12 heavy (non-hydrogen) atoms. The zero-order valence-corrected chi connectivity index (χ0v) is 10.5. The summed E-state index contributed by atoms with van der Waals surface area (Å²) in [5, 5.41) is 0. The van der Waals surface area contributed by atoms with Crippen molar-refractivity contribution in [2.24, 2.45) is 0 Å². The molecule has 0 saturated carbocycles. The Morgan fingerprint density at radius 1 is 1.25 bits per heavy atom. The van der Waals surface area contributed by atoms with Crippen LogP contribution >= 0.6 is 38.5 Å². The van der Waals surface area contributed by atoms with Crippen LogP contribution in [0.1, 0.15) is 0 Å². The fraction of sp³-hybridized carbons (Fsp3) is 0.250. The molecule has 0 aliphatic heterocycles. The van der Waals surface area contributed by atoms with Crippen molar-refractivity contribution in [2.75, 3.05) is 14.2 Å². The van der Waals surface area contributed by atoms with Gasteiger partial charge < -0.3 is 9.47 Å². The molecular weight excluding hydrogens is 335 g/mol. The van der Waals surface area contributed by atoms with Gasteiger partial charge in [-0.1, -0.05) is 0 Å². The molecule has 1 aromatic carbocycles. The monoisotopic (exact) mass is 342 g/mol. The van der Waals surface area contributed by atoms with Gasteiger partial charge in [-0.2, -0.15) is 0 Å². The summed E-state index contributed by atoms with van der Waals surface area (Å²) < 4.78 is 12.3. The molecule has 0 fully saturated rings. The van der Waals surface area contributed by atoms with E-state index in [2.05, 4.69) is 38.5 Å². The summed E-state index contributed by atoms with van der Waals surface area (Å²) in [6.07, 6.45) is 0. The topological polar surface area (TPSA) is 18.5 Å². The van der Waals surface area contributed by atoms with E-state index in [4.69, 9.17) is 9.47 Å². The van der Waals surface area contributed by atoms with Crippen LogP contribution in [0.2, 0.25) is 0 Å². The van der Waals surface area contributed by atoms with E-state index < -0.39 is 0 Å². The maximum Gasteiger partial charge on any atom is 0.174 e. The highest BCUT2D eigenvalue weighted by Gasteiger charge is 2.08. The van der Waals surface area contributed by atoms with Gasteiger partial charge in [0.05, 0.1) is 18.7 Å². The van der Waals surface area contributed by atoms with E-state index in [1.54, 1.807) is 14.2 Å². The Labute approximate surface area is 93.5 Å². The summed E-state index contributed by atoms with van der Waals surface area (Å²) >= 11 is 5.61. The summed E-state index contributed by atoms with van der Waals surface area (Å²) in [4.78, 5) is 0. The van der Waals surface area contributed by atoms with Crippen molar-refractivity contribution < 1.29 is 9.47 Å². The van der Waals surface area contributed by atoms with Crippen LogP contribution in [-0.2, 0) is 0 Å². The molecule has 0 aliphatic rings. The average Bonchev–Trinajstić information content (AvgIpc) is 2.03. The zero-order valence-electron chi connectivity index (χ0n) is 6.73. The van der Waals surface area contributed by atoms with Crippen molar-refractivity contribution in [3.05, 3.63) is 20.2 Å². The highest BCUT2D eigenvalue weighted by molar-refractivity contribution is 14.1. The number of hydrogen-bond donors (Lipinski definition) is 0. The molecule has 0 atom stereocenters. The fourth-order valence-electron chi connectivity index (χ4n) is 0.886. The van der Waals surface area contributed by atoms with Crippen LogP contribution in [-0.4, -0.2) is 14.2 Å². The summed E-state index contributed by atoms with van der Waals surface area (Å²) in [6, 6.07) is 3.89. The Bertz CT molecular complexity index is 289. The van der Waals surface area contributed by atoms with Gasteiger partial charge in [-0.25, -0.2) is 0 Å². The first kappa shape index (κ1) is 10.1. The van der Waals surface area contributed by atoms with Crippen molar-refractivity contribution in [3.8, 4) is 11.5 Å². The SMILES string of the molecule is COc1cc(I)cc(Br)c1OC. The third kappa shape index (κ3) is 2.04. The number of benzene rings is 1. The predicted octanol–water partition coefficient (Wildman–Crippen LogP) is 3.07. The molecule has 0 unspecified atom stereocenters. The molecule has 0 amide bonds. The molecular formula is C8H8BrIO2. The summed E-state index contributed by atoms with van der Waals surface area (Å²) in [6.45, 7) is 0. The van der Waals surface area contributed by atoms with Crippen LogP contribution in [0.5, 0.6) is 11.5 Å². The molecule has 0 radical (unpaired) electrons. The van der Waals surface area contributed by atoms with Crippen molar-refractivity contribution in [1.29, 1.82) is 0 Å². The lowest BCUT2D eigenvalue weighted by Gasteiger charge is -2.09. The molecule has 0 aliphatic carbocycles. The Morgan fingerprint density at radius 2 is 1.92 bits per heavy atom. The molecule has 0 N–H and O–H groups in total. The van der Waals surface area contributed by atoms with Crippen LogP contribution in [0.25, 0.3) is 0 Å². The maximum absolute atomic E-state index is 5.15. The summed E-state index contributed by atoms with van der Waals surface area (Å²) in [5.74, 6) is 1.48. The molecule has 2 nitrogen and oxygen atoms in total. The lowest BCUT2D eigenvalue weighted by Crippen LogP contribution is -1.91. The van der Waals surface area contributed by atoms with Crippen LogP contribution in [0.3, 0.4) is 0 Å². The van der Waals surface area contributed by atoms with Crippen molar-refractivity contribution >= 4 is 38.5 Å². The van der Waals surface area contributed by atoms with Gasteiger partial charge in [-0.15, -0.1) is 0 Å². The minimum absolute atomic E-state index is 0.734. The molecule has 1 aromatic rings. The molecule has 66 valence electrons. The third-order valence-electron chi connectivity index (χ3n) is 1.40. The Hall–Kier alpha value is 0.0300. The largest absolute Gasteiger partial charge is 0.493 e. The van der Waals surface area contributed by atoms with E-state index in [-0.39, 0.29) is 0 Å². The second-order valence-corrected chi connectivity index (χ2v) is 4.22. The van der Waals surface area contributed by atoms with Gasteiger partial charge in [0.2, 0.25) is 0 Å². The first-order valence-electron chi connectivity index (χ1n) is 3.26. The van der Waals surface area contributed by atoms with E-state index in [9.17, 15) is 0 Å². The van der Waals surface area contributed by atoms with E-state index >= 15 is 0 Å². The quantitative estimate of drug-likeness (QED) is 0.769. The van der Waals surface area contributed by atoms with Crippen molar-refractivity contribution in [3.63, 3.8) is 0 Å². The van der Waals surface area contributed by atoms with Gasteiger partial charge in [0.15, 0.2) is 11.5 Å². The Kier molecular flexibility index (Phi) is 3.64. The lowest BCUT2D eigenvalue weighted by molar-refractivity contribution is 0.353. The van der Waals surface area contributed by atoms with Crippen LogP contribution in [0.15, 0.2) is 16.6 Å². The van der Waals surface area contributed by atoms with Crippen LogP contribution in [0, 0.1) is 3.57 Å². The molecule has 0 saturated heterocycles. The summed E-state index contributed by atoms with van der Waals surface area (Å²) in [7, 11) is 3.25. The van der Waals surface area contributed by atoms with Gasteiger partial charge in [0.1, 0.15) is 0 Å². The minimum Gasteiger partial charge on any atom is -0.493 e. The predicted molar refractivity (Wildman–Crippen MR) is 60.0 cm³/mol. The van der Waals surface area contributed by atoms with E-state index in [1.807, 2.05) is 12.1 Å². The van der Waals surface area contributed by atoms with E-state index in [0.717, 1.165) is 19.5 Å². The highest BCUT2D eigenvalue weighted by atomic mass is 127. The molecule has 0 spiro atoms. The van der Waals surface area contributed by atoms with E-state index in [0.29, 0.717) is 0 Å². The Balaban J connectivity index is 3.24.